The Morgan fingerprint density at radius 1 is 1.05 bits per heavy atom. The number of hydrogen-bond donors (Lipinski definition) is 3. The van der Waals surface area contributed by atoms with Crippen molar-refractivity contribution >= 4 is 28.9 Å². The van der Waals surface area contributed by atoms with Crippen molar-refractivity contribution in [2.45, 2.75) is 19.9 Å². The van der Waals surface area contributed by atoms with Crippen molar-refractivity contribution in [1.82, 2.24) is 0 Å². The summed E-state index contributed by atoms with van der Waals surface area (Å²) in [5.74, 6) is 0.0502. The number of anilines is 1. The van der Waals surface area contributed by atoms with E-state index in [1.807, 2.05) is 13.8 Å². The molecule has 0 saturated heterocycles. The van der Waals surface area contributed by atoms with Gasteiger partial charge in [0.2, 0.25) is 0 Å². The van der Waals surface area contributed by atoms with E-state index in [-0.39, 0.29) is 17.5 Å². The molecule has 3 nitrogen and oxygen atoms in total. The van der Waals surface area contributed by atoms with Crippen LogP contribution in [0.4, 0.5) is 5.69 Å². The molecule has 0 amide bonds. The van der Waals surface area contributed by atoms with Gasteiger partial charge in [-0.15, -0.1) is 0 Å². The highest BCUT2D eigenvalue weighted by molar-refractivity contribution is 6.35. The van der Waals surface area contributed by atoms with Gasteiger partial charge >= 0.3 is 0 Å². The summed E-state index contributed by atoms with van der Waals surface area (Å²) in [6, 6.07) is 7.84. The highest BCUT2D eigenvalue weighted by atomic mass is 35.5. The average Bonchev–Trinajstić information content (AvgIpc) is 2.35. The predicted molar refractivity (Wildman–Crippen MR) is 83.0 cm³/mol. The van der Waals surface area contributed by atoms with E-state index in [1.54, 1.807) is 18.2 Å². The van der Waals surface area contributed by atoms with Crippen LogP contribution in [0.1, 0.15) is 24.1 Å². The Bertz CT molecular complexity index is 644. The first kappa shape index (κ1) is 14.8. The fourth-order valence-corrected chi connectivity index (χ4v) is 2.40. The number of aromatic hydroxyl groups is 2. The number of phenols is 2. The van der Waals surface area contributed by atoms with E-state index in [0.717, 1.165) is 5.56 Å². The molecule has 0 radical (unpaired) electrons. The van der Waals surface area contributed by atoms with E-state index < -0.39 is 0 Å². The largest absolute Gasteiger partial charge is 0.508 e. The van der Waals surface area contributed by atoms with Crippen LogP contribution >= 0.6 is 23.2 Å². The number of rotatable bonds is 3. The molecular weight excluding hydrogens is 297 g/mol. The van der Waals surface area contributed by atoms with E-state index in [0.29, 0.717) is 21.3 Å². The molecule has 0 spiro atoms. The summed E-state index contributed by atoms with van der Waals surface area (Å²) in [7, 11) is 0. The zero-order valence-electron chi connectivity index (χ0n) is 11.1. The smallest absolute Gasteiger partial charge is 0.124 e. The van der Waals surface area contributed by atoms with E-state index in [4.69, 9.17) is 23.2 Å². The number of phenolic OH excluding ortho intramolecular Hbond substituents is 2. The Hall–Kier alpha value is -1.58. The first-order chi connectivity index (χ1) is 9.38. The van der Waals surface area contributed by atoms with Gasteiger partial charge in [-0.25, -0.2) is 0 Å². The molecule has 0 heterocycles. The van der Waals surface area contributed by atoms with Crippen molar-refractivity contribution in [2.75, 3.05) is 5.32 Å². The van der Waals surface area contributed by atoms with Gasteiger partial charge in [-0.2, -0.15) is 0 Å². The lowest BCUT2D eigenvalue weighted by Gasteiger charge is -2.18. The summed E-state index contributed by atoms with van der Waals surface area (Å²) in [6.07, 6.45) is 0. The number of hydrogen-bond acceptors (Lipinski definition) is 3. The van der Waals surface area contributed by atoms with Gasteiger partial charge in [0.25, 0.3) is 0 Å². The number of halogens is 2. The van der Waals surface area contributed by atoms with Crippen LogP contribution < -0.4 is 5.32 Å². The summed E-state index contributed by atoms with van der Waals surface area (Å²) in [5, 5.41) is 23.5. The molecule has 0 bridgehead atoms. The molecule has 0 saturated carbocycles. The van der Waals surface area contributed by atoms with Crippen LogP contribution in [0.25, 0.3) is 0 Å². The summed E-state index contributed by atoms with van der Waals surface area (Å²) >= 11 is 12.3. The van der Waals surface area contributed by atoms with Gasteiger partial charge in [-0.05, 0) is 43.7 Å². The topological polar surface area (TPSA) is 52.5 Å². The molecule has 106 valence electrons. The fraction of sp³-hybridized carbons (Fsp3) is 0.200. The zero-order chi connectivity index (χ0) is 14.9. The molecule has 2 rings (SSSR count). The normalized spacial score (nSPS) is 12.2. The summed E-state index contributed by atoms with van der Waals surface area (Å²) in [6.45, 7) is 3.77. The van der Waals surface area contributed by atoms with Crippen LogP contribution in [0.3, 0.4) is 0 Å². The summed E-state index contributed by atoms with van der Waals surface area (Å²) < 4.78 is 0. The number of nitrogens with one attached hydrogen (secondary N) is 1. The van der Waals surface area contributed by atoms with Crippen molar-refractivity contribution in [1.29, 1.82) is 0 Å². The Kier molecular flexibility index (Phi) is 4.31. The second-order valence-electron chi connectivity index (χ2n) is 4.69. The molecule has 0 aromatic heterocycles. The Labute approximate surface area is 127 Å². The van der Waals surface area contributed by atoms with E-state index in [9.17, 15) is 10.2 Å². The van der Waals surface area contributed by atoms with Gasteiger partial charge in [0.1, 0.15) is 11.5 Å². The Morgan fingerprint density at radius 2 is 1.75 bits per heavy atom. The Balaban J connectivity index is 2.27. The second kappa shape index (κ2) is 5.81. The minimum atomic E-state index is -0.188. The van der Waals surface area contributed by atoms with Gasteiger partial charge < -0.3 is 15.5 Å². The third-order valence-corrected chi connectivity index (χ3v) is 3.82. The van der Waals surface area contributed by atoms with E-state index in [1.165, 1.54) is 12.1 Å². The van der Waals surface area contributed by atoms with Crippen molar-refractivity contribution in [3.8, 4) is 11.5 Å². The number of benzene rings is 2. The van der Waals surface area contributed by atoms with Crippen LogP contribution in [0.15, 0.2) is 30.3 Å². The standard InChI is InChI=1S/C15H15Cl2NO2/c1-8-5-13(17)14(7-12(8)16)18-9(2)11-4-3-10(19)6-15(11)20/h3-7,9,18-20H,1-2H3. The van der Waals surface area contributed by atoms with Crippen molar-refractivity contribution in [3.05, 3.63) is 51.5 Å². The van der Waals surface area contributed by atoms with E-state index in [2.05, 4.69) is 5.32 Å². The summed E-state index contributed by atoms with van der Waals surface area (Å²) in [5.41, 5.74) is 2.26. The van der Waals surface area contributed by atoms with Crippen LogP contribution in [-0.4, -0.2) is 10.2 Å². The average molecular weight is 312 g/mol. The molecule has 0 fully saturated rings. The van der Waals surface area contributed by atoms with Crippen LogP contribution in [0.5, 0.6) is 11.5 Å². The molecule has 5 heteroatoms. The van der Waals surface area contributed by atoms with Gasteiger partial charge in [0, 0.05) is 16.7 Å². The molecule has 20 heavy (non-hydrogen) atoms. The Morgan fingerprint density at radius 3 is 2.40 bits per heavy atom. The quantitative estimate of drug-likeness (QED) is 0.756. The third-order valence-electron chi connectivity index (χ3n) is 3.10. The highest BCUT2D eigenvalue weighted by Crippen LogP contribution is 2.34. The third kappa shape index (κ3) is 3.11. The first-order valence-electron chi connectivity index (χ1n) is 6.12. The molecule has 0 aliphatic carbocycles. The molecule has 0 aliphatic rings. The number of aryl methyl sites for hydroxylation is 1. The lowest BCUT2D eigenvalue weighted by Crippen LogP contribution is -2.07. The fourth-order valence-electron chi connectivity index (χ4n) is 1.97. The molecule has 1 atom stereocenters. The molecular formula is C15H15Cl2NO2. The lowest BCUT2D eigenvalue weighted by atomic mass is 10.1. The minimum Gasteiger partial charge on any atom is -0.508 e. The van der Waals surface area contributed by atoms with Crippen molar-refractivity contribution in [2.24, 2.45) is 0 Å². The van der Waals surface area contributed by atoms with E-state index >= 15 is 0 Å². The predicted octanol–water partition coefficient (Wildman–Crippen LogP) is 4.89. The molecule has 3 N–H and O–H groups in total. The first-order valence-corrected chi connectivity index (χ1v) is 6.88. The van der Waals surface area contributed by atoms with Crippen molar-refractivity contribution in [3.63, 3.8) is 0 Å². The highest BCUT2D eigenvalue weighted by Gasteiger charge is 2.13. The molecule has 2 aromatic carbocycles. The van der Waals surface area contributed by atoms with Gasteiger partial charge in [-0.3, -0.25) is 0 Å². The maximum Gasteiger partial charge on any atom is 0.124 e. The van der Waals surface area contributed by atoms with Crippen molar-refractivity contribution < 1.29 is 10.2 Å². The SMILES string of the molecule is Cc1cc(Cl)c(NC(C)c2ccc(O)cc2O)cc1Cl. The zero-order valence-corrected chi connectivity index (χ0v) is 12.6. The van der Waals surface area contributed by atoms with Crippen LogP contribution in [0, 0.1) is 6.92 Å². The molecule has 1 unspecified atom stereocenters. The molecule has 2 aromatic rings. The van der Waals surface area contributed by atoms with Crippen LogP contribution in [-0.2, 0) is 0 Å². The monoisotopic (exact) mass is 311 g/mol. The minimum absolute atomic E-state index is 0.0230. The molecule has 0 aliphatic heterocycles. The van der Waals surface area contributed by atoms with Crippen LogP contribution in [0.2, 0.25) is 10.0 Å². The van der Waals surface area contributed by atoms with Gasteiger partial charge in [-0.1, -0.05) is 23.2 Å². The second-order valence-corrected chi connectivity index (χ2v) is 5.50. The van der Waals surface area contributed by atoms with Gasteiger partial charge in [0.05, 0.1) is 16.8 Å². The van der Waals surface area contributed by atoms with Gasteiger partial charge in [0.15, 0.2) is 0 Å². The maximum absolute atomic E-state index is 9.85. The maximum atomic E-state index is 9.85. The lowest BCUT2D eigenvalue weighted by molar-refractivity contribution is 0.444. The summed E-state index contributed by atoms with van der Waals surface area (Å²) in [4.78, 5) is 0.